The van der Waals surface area contributed by atoms with Gasteiger partial charge in [0.15, 0.2) is 30.5 Å². The van der Waals surface area contributed by atoms with Crippen molar-refractivity contribution in [2.75, 3.05) is 14.2 Å². The molecule has 0 spiro atoms. The summed E-state index contributed by atoms with van der Waals surface area (Å²) in [6.07, 6.45) is -17.2. The van der Waals surface area contributed by atoms with Gasteiger partial charge < -0.3 is 73.0 Å². The third-order valence-corrected chi connectivity index (χ3v) is 10.1. The number of benzene rings is 2. The smallest absolute Gasteiger partial charge is 0.339 e. The van der Waals surface area contributed by atoms with Crippen LogP contribution in [0.25, 0.3) is 11.5 Å². The van der Waals surface area contributed by atoms with Gasteiger partial charge in [-0.05, 0) is 35.4 Å². The normalized spacial score (nSPS) is 22.8. The third kappa shape index (κ3) is 16.4. The van der Waals surface area contributed by atoms with Crippen molar-refractivity contribution in [3.05, 3.63) is 70.1 Å². The van der Waals surface area contributed by atoms with Crippen LogP contribution >= 0.6 is 0 Å². The largest absolute Gasteiger partial charge is 0.632 e. The molecule has 69 heavy (non-hydrogen) atoms. The van der Waals surface area contributed by atoms with Crippen molar-refractivity contribution < 1.29 is 159 Å². The van der Waals surface area contributed by atoms with Crippen LogP contribution in [0, 0.1) is 0 Å². The van der Waals surface area contributed by atoms with Crippen molar-refractivity contribution in [3.63, 3.8) is 0 Å². The van der Waals surface area contributed by atoms with E-state index in [0.29, 0.717) is 11.1 Å². The number of carbonyl (C=O) groups is 9. The summed E-state index contributed by atoms with van der Waals surface area (Å²) in [7, 11) is 2.09. The predicted octanol–water partition coefficient (Wildman–Crippen LogP) is 3.99. The van der Waals surface area contributed by atoms with E-state index in [1.807, 2.05) is 0 Å². The zero-order valence-corrected chi connectivity index (χ0v) is 47.2. The minimum absolute atomic E-state index is 0. The van der Waals surface area contributed by atoms with Gasteiger partial charge in [-0.3, -0.25) is 33.6 Å². The van der Waals surface area contributed by atoms with Crippen LogP contribution in [0.5, 0.6) is 11.5 Å². The van der Waals surface area contributed by atoms with Gasteiger partial charge in [-0.1, -0.05) is 26.0 Å². The second-order valence-electron chi connectivity index (χ2n) is 15.3. The standard InChI is InChI=1S/C43H52N2O22.2Cd/c1-19(46)59-30-16-31(66-35(38(51)55-8)32(30)60-20(2)47)64-28-12-10-26(14-24(28)17-57-41(44)53)43(6,7)27-11-13-29(25(15-27)18-58-42(45)54)65-40-37(63-23(5)50)34(62-22(4)49)33(61-21(3)48)36(67-40)39(52)56-9;;/h10-15,30-37,40H,16-18H2,1-9H3,(H4,44,45,53,54);;/p-2/t30-,31-,32+,33+,34+,35+,36+,37-,40-;;/m1../s1. The first kappa shape index (κ1) is 59.8. The zero-order valence-electron chi connectivity index (χ0n) is 39.2. The number of methoxy groups -OCH3 is 2. The summed E-state index contributed by atoms with van der Waals surface area (Å²) in [5.74, 6) is -6.42. The fourth-order valence-corrected chi connectivity index (χ4v) is 7.14. The van der Waals surface area contributed by atoms with E-state index in [1.54, 1.807) is 32.0 Å². The van der Waals surface area contributed by atoms with Gasteiger partial charge in [-0.15, -0.1) is 0 Å². The molecule has 24 nitrogen and oxygen atoms in total. The van der Waals surface area contributed by atoms with Crippen LogP contribution in [0.3, 0.4) is 0 Å². The van der Waals surface area contributed by atoms with E-state index in [4.69, 9.17) is 73.0 Å². The summed E-state index contributed by atoms with van der Waals surface area (Å²) in [5, 5.41) is 0. The number of hydrogen-bond acceptors (Lipinski definition) is 22. The molecule has 2 aromatic carbocycles. The molecule has 2 aliphatic rings. The molecule has 2 heterocycles. The summed E-state index contributed by atoms with van der Waals surface area (Å²) in [6.45, 7) is 7.75. The molecule has 0 aliphatic carbocycles. The minimum atomic E-state index is -1.79. The van der Waals surface area contributed by atoms with E-state index in [-0.39, 0.29) is 83.6 Å². The van der Waals surface area contributed by atoms with E-state index < -0.39 is 128 Å². The topological polar surface area (TPSA) is 321 Å². The molecule has 4 rings (SSSR count). The van der Waals surface area contributed by atoms with Gasteiger partial charge in [0.1, 0.15) is 30.8 Å². The van der Waals surface area contributed by atoms with Crippen LogP contribution in [0.4, 0.5) is 9.59 Å². The first-order valence-electron chi connectivity index (χ1n) is 20.1. The second-order valence-corrected chi connectivity index (χ2v) is 15.3. The number of hydrogen-bond donors (Lipinski definition) is 0. The van der Waals surface area contributed by atoms with Crippen LogP contribution in [0.2, 0.25) is 0 Å². The van der Waals surface area contributed by atoms with Gasteiger partial charge in [-0.2, -0.15) is 0 Å². The molecule has 2 fully saturated rings. The Morgan fingerprint density at radius 1 is 0.565 bits per heavy atom. The van der Waals surface area contributed by atoms with Crippen LogP contribution in [0.15, 0.2) is 36.4 Å². The molecule has 9 atom stereocenters. The quantitative estimate of drug-likeness (QED) is 0.123. The molecule has 26 heteroatoms. The SMILES string of the molecule is COC(=O)[C@H]1O[C@@H](Oc2ccc(C(C)(C)c3ccc(O[C@@H]4O[C@H](C(=O)OC)[C@@H](OC(C)=O)[C@H](OC(C)=O)[C@H]4OC(C)=O)c(COC([NH-])=O)c3)cc2COC([NH-])=O)C[C@@H](OC(C)=O)[C@@H]1OC(C)=O.[Cd].[Cd]. The number of esters is 7. The van der Waals surface area contributed by atoms with Gasteiger partial charge in [-0.25, -0.2) is 9.59 Å². The molecule has 2 aromatic rings. The molecule has 2 aliphatic heterocycles. The number of amides is 2. The Morgan fingerprint density at radius 3 is 1.41 bits per heavy atom. The van der Waals surface area contributed by atoms with Crippen molar-refractivity contribution in [2.24, 2.45) is 0 Å². The Balaban J connectivity index is 0.00000817. The predicted molar refractivity (Wildman–Crippen MR) is 219 cm³/mol. The molecule has 2 saturated heterocycles. The third-order valence-electron chi connectivity index (χ3n) is 10.1. The van der Waals surface area contributed by atoms with E-state index in [9.17, 15) is 43.2 Å². The van der Waals surface area contributed by atoms with E-state index >= 15 is 0 Å². The summed E-state index contributed by atoms with van der Waals surface area (Å²) in [4.78, 5) is 110. The van der Waals surface area contributed by atoms with Crippen LogP contribution < -0.4 is 9.47 Å². The Labute approximate surface area is 435 Å². The molecule has 2 N–H and O–H groups in total. The van der Waals surface area contributed by atoms with Crippen LogP contribution in [0.1, 0.15) is 77.1 Å². The Kier molecular flexibility index (Phi) is 23.0. The average Bonchev–Trinajstić information content (AvgIpc) is 3.23. The summed E-state index contributed by atoms with van der Waals surface area (Å²) in [5.41, 5.74) is 15.1. The van der Waals surface area contributed by atoms with Crippen molar-refractivity contribution in [1.29, 1.82) is 0 Å². The molecular weight excluding hydrogens is 1120 g/mol. The first-order chi connectivity index (χ1) is 31.4. The number of rotatable bonds is 17. The maximum Gasteiger partial charge on any atom is 0.339 e. The molecule has 0 bridgehead atoms. The Hall–Kier alpha value is -5.37. The van der Waals surface area contributed by atoms with Crippen molar-refractivity contribution in [3.8, 4) is 11.5 Å². The van der Waals surface area contributed by atoms with Crippen molar-refractivity contribution >= 4 is 54.0 Å². The Bertz CT molecular complexity index is 2220. The fourth-order valence-electron chi connectivity index (χ4n) is 7.14. The molecule has 2 amide bonds. The average molecular weight is 1170 g/mol. The van der Waals surface area contributed by atoms with Crippen LogP contribution in [-0.2, 0) is 159 Å². The van der Waals surface area contributed by atoms with Gasteiger partial charge >= 0.3 is 41.8 Å². The summed E-state index contributed by atoms with van der Waals surface area (Å²) in [6, 6.07) is 9.22. The van der Waals surface area contributed by atoms with Crippen molar-refractivity contribution in [1.82, 2.24) is 0 Å². The van der Waals surface area contributed by atoms with E-state index in [0.717, 1.165) is 48.8 Å². The number of carbonyl (C=O) groups excluding carboxylic acids is 9. The van der Waals surface area contributed by atoms with Crippen molar-refractivity contribution in [2.45, 2.75) is 129 Å². The monoisotopic (exact) mass is 1170 g/mol. The maximum atomic E-state index is 13.0. The van der Waals surface area contributed by atoms with E-state index in [1.165, 1.54) is 18.2 Å². The van der Waals surface area contributed by atoms with E-state index in [2.05, 4.69) is 0 Å². The molecule has 0 unspecified atom stereocenters. The molecule has 0 radical (unpaired) electrons. The maximum absolute atomic E-state index is 13.0. The van der Waals surface area contributed by atoms with Gasteiger partial charge in [0.25, 0.3) is 0 Å². The molecule has 0 saturated carbocycles. The number of ether oxygens (including phenoxy) is 13. The fraction of sp³-hybridized carbons (Fsp3) is 0.512. The van der Waals surface area contributed by atoms with Crippen LogP contribution in [-0.4, -0.2) is 123 Å². The molecular formula is C43H50Cd2N2O22-2. The van der Waals surface area contributed by atoms with Gasteiger partial charge in [0.05, 0.1) is 20.6 Å². The summed E-state index contributed by atoms with van der Waals surface area (Å²) >= 11 is 0. The Morgan fingerprint density at radius 2 is 0.971 bits per heavy atom. The molecule has 370 valence electrons. The van der Waals surface area contributed by atoms with Gasteiger partial charge in [0, 0.05) is 106 Å². The van der Waals surface area contributed by atoms with Gasteiger partial charge in [0.2, 0.25) is 30.9 Å². The summed E-state index contributed by atoms with van der Waals surface area (Å²) < 4.78 is 70.6. The minimum Gasteiger partial charge on any atom is -0.632 e. The first-order valence-corrected chi connectivity index (χ1v) is 20.1. The molecule has 0 aromatic heterocycles. The number of nitrogens with one attached hydrogen (secondary N) is 2. The second kappa shape index (κ2) is 26.6. The zero-order chi connectivity index (χ0) is 49.9.